The highest BCUT2D eigenvalue weighted by Crippen LogP contribution is 2.54. The first-order valence-corrected chi connectivity index (χ1v) is 10.9. The fourth-order valence-electron chi connectivity index (χ4n) is 5.03. The third-order valence-corrected chi connectivity index (χ3v) is 6.61. The number of carbonyl (C=O) groups is 2. The number of primary amides is 1. The fourth-order valence-corrected chi connectivity index (χ4v) is 5.03. The van der Waals surface area contributed by atoms with E-state index in [1.165, 1.54) is 0 Å². The number of rotatable bonds is 5. The van der Waals surface area contributed by atoms with Crippen LogP contribution in [-0.2, 0) is 28.0 Å². The van der Waals surface area contributed by atoms with Crippen molar-refractivity contribution in [1.29, 1.82) is 0 Å². The Balaban J connectivity index is 1.35. The van der Waals surface area contributed by atoms with Crippen LogP contribution in [0.25, 0.3) is 0 Å². The minimum Gasteiger partial charge on any atom is -0.493 e. The van der Waals surface area contributed by atoms with Crippen molar-refractivity contribution in [3.8, 4) is 17.2 Å². The Morgan fingerprint density at radius 3 is 2.67 bits per heavy atom. The van der Waals surface area contributed by atoms with Crippen molar-refractivity contribution >= 4 is 17.5 Å². The number of anilines is 1. The number of hydrogen-bond acceptors (Lipinski definition) is 5. The zero-order valence-electron chi connectivity index (χ0n) is 17.9. The summed E-state index contributed by atoms with van der Waals surface area (Å²) in [6.45, 7) is 1.17. The highest BCUT2D eigenvalue weighted by Gasteiger charge is 2.57. The lowest BCUT2D eigenvalue weighted by atomic mass is 9.76. The summed E-state index contributed by atoms with van der Waals surface area (Å²) in [6, 6.07) is 19.3. The molecule has 0 bridgehead atoms. The zero-order chi connectivity index (χ0) is 22.6. The molecule has 33 heavy (non-hydrogen) atoms. The summed E-state index contributed by atoms with van der Waals surface area (Å²) in [7, 11) is 0. The molecule has 1 spiro atoms. The van der Waals surface area contributed by atoms with Gasteiger partial charge < -0.3 is 24.8 Å². The van der Waals surface area contributed by atoms with Crippen molar-refractivity contribution in [2.24, 2.45) is 5.73 Å². The molecular formula is C26H22N2O5. The van der Waals surface area contributed by atoms with Crippen molar-refractivity contribution in [2.75, 3.05) is 24.7 Å². The molecule has 1 unspecified atom stereocenters. The Labute approximate surface area is 190 Å². The molecule has 7 nitrogen and oxygen atoms in total. The minimum atomic E-state index is -0.853. The molecule has 6 rings (SSSR count). The summed E-state index contributed by atoms with van der Waals surface area (Å²) < 4.78 is 17.1. The third kappa shape index (κ3) is 2.96. The predicted molar refractivity (Wildman–Crippen MR) is 121 cm³/mol. The first-order valence-electron chi connectivity index (χ1n) is 10.9. The van der Waals surface area contributed by atoms with Gasteiger partial charge in [0.15, 0.2) is 6.61 Å². The van der Waals surface area contributed by atoms with E-state index in [1.807, 2.05) is 47.4 Å². The second-order valence-corrected chi connectivity index (χ2v) is 8.56. The Morgan fingerprint density at radius 2 is 1.85 bits per heavy atom. The molecule has 166 valence electrons. The van der Waals surface area contributed by atoms with Gasteiger partial charge in [-0.15, -0.1) is 0 Å². The highest BCUT2D eigenvalue weighted by molar-refractivity contribution is 6.11. The highest BCUT2D eigenvalue weighted by atomic mass is 16.5. The number of amides is 2. The van der Waals surface area contributed by atoms with E-state index >= 15 is 0 Å². The van der Waals surface area contributed by atoms with Gasteiger partial charge in [0.05, 0.1) is 13.2 Å². The van der Waals surface area contributed by atoms with Crippen LogP contribution in [0.15, 0.2) is 60.7 Å². The molecule has 3 aromatic rings. The summed E-state index contributed by atoms with van der Waals surface area (Å²) in [5.41, 5.74) is 9.13. The number of hydrogen-bond donors (Lipinski definition) is 1. The molecule has 0 aromatic heterocycles. The van der Waals surface area contributed by atoms with Crippen molar-refractivity contribution in [3.05, 3.63) is 82.9 Å². The average Bonchev–Trinajstić information content (AvgIpc) is 3.50. The first-order chi connectivity index (χ1) is 16.1. The van der Waals surface area contributed by atoms with Gasteiger partial charge in [0.2, 0.25) is 5.91 Å². The van der Waals surface area contributed by atoms with Gasteiger partial charge in [0.1, 0.15) is 29.3 Å². The van der Waals surface area contributed by atoms with Crippen molar-refractivity contribution in [3.63, 3.8) is 0 Å². The Kier molecular flexibility index (Phi) is 4.33. The van der Waals surface area contributed by atoms with Crippen LogP contribution in [0.3, 0.4) is 0 Å². The van der Waals surface area contributed by atoms with E-state index in [0.717, 1.165) is 45.9 Å². The Morgan fingerprint density at radius 1 is 1.03 bits per heavy atom. The lowest BCUT2D eigenvalue weighted by molar-refractivity contribution is -0.122. The number of nitrogens with two attached hydrogens (primary N) is 1. The van der Waals surface area contributed by atoms with Crippen LogP contribution >= 0.6 is 0 Å². The largest absolute Gasteiger partial charge is 0.493 e. The lowest BCUT2D eigenvalue weighted by Gasteiger charge is -2.23. The van der Waals surface area contributed by atoms with E-state index in [-0.39, 0.29) is 19.1 Å². The van der Waals surface area contributed by atoms with E-state index in [0.29, 0.717) is 18.9 Å². The molecule has 2 amide bonds. The van der Waals surface area contributed by atoms with Gasteiger partial charge in [-0.25, -0.2) is 0 Å². The second kappa shape index (κ2) is 7.27. The predicted octanol–water partition coefficient (Wildman–Crippen LogP) is 2.71. The Hall–Kier alpha value is -4.00. The maximum Gasteiger partial charge on any atom is 0.255 e. The van der Waals surface area contributed by atoms with Crippen molar-refractivity contribution in [2.45, 2.75) is 18.4 Å². The van der Waals surface area contributed by atoms with E-state index in [2.05, 4.69) is 6.07 Å². The van der Waals surface area contributed by atoms with Gasteiger partial charge in [0, 0.05) is 23.7 Å². The lowest BCUT2D eigenvalue weighted by Crippen LogP contribution is -2.42. The number of para-hydroxylation sites is 1. The molecule has 2 N–H and O–H groups in total. The van der Waals surface area contributed by atoms with E-state index in [1.54, 1.807) is 12.1 Å². The molecule has 7 heteroatoms. The molecule has 3 aromatic carbocycles. The standard InChI is InChI=1S/C26H22N2O5/c27-24(29)14-32-18-7-5-16(6-8-18)13-28-21-4-2-1-3-19(21)26(25(28)30)15-33-23-12-22-17(9-10-31-22)11-20(23)26/h1-8,11-12H,9-10,13-15H2,(H2,27,29). The summed E-state index contributed by atoms with van der Waals surface area (Å²) in [5.74, 6) is 1.60. The maximum absolute atomic E-state index is 14.0. The SMILES string of the molecule is NC(=O)COc1ccc(CN2C(=O)C3(COc4cc5c(cc43)CCO5)c3ccccc32)cc1. The topological polar surface area (TPSA) is 91.1 Å². The van der Waals surface area contributed by atoms with Gasteiger partial charge in [-0.05, 0) is 41.0 Å². The number of ether oxygens (including phenoxy) is 3. The normalized spacial score (nSPS) is 19.6. The number of carbonyl (C=O) groups excluding carboxylic acids is 2. The van der Waals surface area contributed by atoms with Crippen LogP contribution in [0.2, 0.25) is 0 Å². The molecule has 0 saturated heterocycles. The van der Waals surface area contributed by atoms with Gasteiger partial charge in [0.25, 0.3) is 5.91 Å². The Bertz CT molecular complexity index is 1290. The summed E-state index contributed by atoms with van der Waals surface area (Å²) >= 11 is 0. The molecule has 3 heterocycles. The third-order valence-electron chi connectivity index (χ3n) is 6.61. The number of nitrogens with zero attached hydrogens (tertiary/aromatic N) is 1. The summed E-state index contributed by atoms with van der Waals surface area (Å²) in [4.78, 5) is 26.8. The molecule has 3 aliphatic heterocycles. The zero-order valence-corrected chi connectivity index (χ0v) is 17.9. The van der Waals surface area contributed by atoms with Crippen molar-refractivity contribution < 1.29 is 23.8 Å². The van der Waals surface area contributed by atoms with E-state index < -0.39 is 11.3 Å². The van der Waals surface area contributed by atoms with Crippen LogP contribution < -0.4 is 24.8 Å². The number of fused-ring (bicyclic) bond motifs is 5. The minimum absolute atomic E-state index is 0.00960. The molecule has 0 aliphatic carbocycles. The maximum atomic E-state index is 14.0. The second-order valence-electron chi connectivity index (χ2n) is 8.56. The smallest absolute Gasteiger partial charge is 0.255 e. The van der Waals surface area contributed by atoms with Crippen LogP contribution in [0.5, 0.6) is 17.2 Å². The van der Waals surface area contributed by atoms with Gasteiger partial charge in [-0.2, -0.15) is 0 Å². The molecule has 3 aliphatic rings. The van der Waals surface area contributed by atoms with Crippen LogP contribution in [0.1, 0.15) is 22.3 Å². The van der Waals surface area contributed by atoms with Crippen LogP contribution in [-0.4, -0.2) is 31.6 Å². The first kappa shape index (κ1) is 19.7. The molecule has 0 saturated carbocycles. The summed E-state index contributed by atoms with van der Waals surface area (Å²) in [6.07, 6.45) is 0.836. The van der Waals surface area contributed by atoms with Gasteiger partial charge in [-0.3, -0.25) is 9.59 Å². The van der Waals surface area contributed by atoms with Crippen molar-refractivity contribution in [1.82, 2.24) is 0 Å². The number of benzene rings is 3. The average molecular weight is 442 g/mol. The quantitative estimate of drug-likeness (QED) is 0.656. The van der Waals surface area contributed by atoms with Crippen LogP contribution in [0, 0.1) is 0 Å². The van der Waals surface area contributed by atoms with Gasteiger partial charge >= 0.3 is 0 Å². The van der Waals surface area contributed by atoms with Crippen LogP contribution in [0.4, 0.5) is 5.69 Å². The molecular weight excluding hydrogens is 420 g/mol. The van der Waals surface area contributed by atoms with E-state index in [4.69, 9.17) is 19.9 Å². The monoisotopic (exact) mass is 442 g/mol. The van der Waals surface area contributed by atoms with Gasteiger partial charge in [-0.1, -0.05) is 30.3 Å². The molecule has 0 radical (unpaired) electrons. The van der Waals surface area contributed by atoms with E-state index in [9.17, 15) is 9.59 Å². The molecule has 0 fully saturated rings. The summed E-state index contributed by atoms with van der Waals surface area (Å²) in [5, 5.41) is 0. The fraction of sp³-hybridized carbons (Fsp3) is 0.231. The molecule has 1 atom stereocenters.